The first-order valence-corrected chi connectivity index (χ1v) is 11.0. The number of alkyl halides is 3. The van der Waals surface area contributed by atoms with Gasteiger partial charge in [-0.25, -0.2) is 4.79 Å². The summed E-state index contributed by atoms with van der Waals surface area (Å²) in [5.41, 5.74) is -0.850. The Labute approximate surface area is 203 Å². The third-order valence-electron chi connectivity index (χ3n) is 5.46. The lowest BCUT2D eigenvalue weighted by Gasteiger charge is -2.18. The number of ether oxygens (including phenoxy) is 1. The van der Waals surface area contributed by atoms with E-state index in [0.29, 0.717) is 0 Å². The molecule has 1 aromatic heterocycles. The molecule has 0 unspecified atom stereocenters. The molecule has 0 spiro atoms. The van der Waals surface area contributed by atoms with E-state index in [1.54, 1.807) is 18.2 Å². The second-order valence-corrected chi connectivity index (χ2v) is 9.39. The number of fused-ring (bicyclic) bond motifs is 1. The van der Waals surface area contributed by atoms with Crippen LogP contribution in [-0.2, 0) is 11.6 Å². The molecule has 0 fully saturated rings. The van der Waals surface area contributed by atoms with Gasteiger partial charge in [0.15, 0.2) is 0 Å². The Morgan fingerprint density at radius 1 is 0.943 bits per heavy atom. The monoisotopic (exact) mass is 500 g/mol. The largest absolute Gasteiger partial charge is 0.450 e. The molecule has 35 heavy (non-hydrogen) atoms. The van der Waals surface area contributed by atoms with Gasteiger partial charge in [0.25, 0.3) is 0 Å². The van der Waals surface area contributed by atoms with E-state index in [9.17, 15) is 22.8 Å². The SMILES string of the molecule is CC(C)(C)c1ccc(C(=O)Oc2ccc3c(=O)c(-c4ccccc4Cl)c(C(F)(F)F)oc3c2)cc1. The van der Waals surface area contributed by atoms with Crippen molar-refractivity contribution in [2.24, 2.45) is 0 Å². The molecule has 0 radical (unpaired) electrons. The highest BCUT2D eigenvalue weighted by atomic mass is 35.5. The van der Waals surface area contributed by atoms with Crippen LogP contribution in [0.5, 0.6) is 5.75 Å². The lowest BCUT2D eigenvalue weighted by molar-refractivity contribution is -0.152. The quantitative estimate of drug-likeness (QED) is 0.214. The van der Waals surface area contributed by atoms with Gasteiger partial charge in [-0.05, 0) is 41.3 Å². The van der Waals surface area contributed by atoms with Gasteiger partial charge in [-0.1, -0.05) is 62.7 Å². The molecule has 0 saturated carbocycles. The predicted octanol–water partition coefficient (Wildman–Crippen LogP) is 7.65. The van der Waals surface area contributed by atoms with E-state index in [4.69, 9.17) is 20.8 Å². The van der Waals surface area contributed by atoms with Crippen molar-refractivity contribution in [2.75, 3.05) is 0 Å². The highest BCUT2D eigenvalue weighted by Crippen LogP contribution is 2.39. The predicted molar refractivity (Wildman–Crippen MR) is 128 cm³/mol. The van der Waals surface area contributed by atoms with Crippen molar-refractivity contribution < 1.29 is 27.1 Å². The number of halogens is 4. The number of hydrogen-bond acceptors (Lipinski definition) is 4. The van der Waals surface area contributed by atoms with Crippen LogP contribution in [0, 0.1) is 0 Å². The molecule has 4 nitrogen and oxygen atoms in total. The molecule has 0 aliphatic carbocycles. The molecule has 0 bridgehead atoms. The highest BCUT2D eigenvalue weighted by Gasteiger charge is 2.39. The van der Waals surface area contributed by atoms with Crippen LogP contribution in [0.2, 0.25) is 5.02 Å². The zero-order valence-corrected chi connectivity index (χ0v) is 19.8. The van der Waals surface area contributed by atoms with Gasteiger partial charge < -0.3 is 9.15 Å². The lowest BCUT2D eigenvalue weighted by atomic mass is 9.87. The van der Waals surface area contributed by atoms with Crippen molar-refractivity contribution in [2.45, 2.75) is 32.4 Å². The van der Waals surface area contributed by atoms with E-state index in [1.165, 1.54) is 30.3 Å². The number of esters is 1. The fourth-order valence-electron chi connectivity index (χ4n) is 3.62. The fourth-order valence-corrected chi connectivity index (χ4v) is 3.85. The van der Waals surface area contributed by atoms with Crippen LogP contribution in [0.1, 0.15) is 42.5 Å². The average Bonchev–Trinajstić information content (AvgIpc) is 2.78. The molecule has 0 atom stereocenters. The number of carbonyl (C=O) groups is 1. The van der Waals surface area contributed by atoms with Gasteiger partial charge in [-0.2, -0.15) is 13.2 Å². The van der Waals surface area contributed by atoms with Gasteiger partial charge >= 0.3 is 12.1 Å². The molecule has 4 aromatic rings. The Bertz CT molecular complexity index is 1480. The van der Waals surface area contributed by atoms with E-state index in [0.717, 1.165) is 11.6 Å². The van der Waals surface area contributed by atoms with Gasteiger partial charge in [0.1, 0.15) is 11.3 Å². The first-order valence-electron chi connectivity index (χ1n) is 10.6. The Morgan fingerprint density at radius 3 is 2.20 bits per heavy atom. The Kier molecular flexibility index (Phi) is 6.23. The van der Waals surface area contributed by atoms with Gasteiger partial charge in [0.05, 0.1) is 16.5 Å². The summed E-state index contributed by atoms with van der Waals surface area (Å²) in [5, 5.41) is -0.130. The molecule has 3 aromatic carbocycles. The minimum Gasteiger partial charge on any atom is -0.450 e. The zero-order chi connectivity index (χ0) is 25.5. The number of carbonyl (C=O) groups excluding carboxylic acids is 1. The Hall–Kier alpha value is -3.58. The van der Waals surface area contributed by atoms with Gasteiger partial charge in [0, 0.05) is 16.7 Å². The van der Waals surface area contributed by atoms with Crippen LogP contribution in [0.15, 0.2) is 75.9 Å². The number of benzene rings is 3. The summed E-state index contributed by atoms with van der Waals surface area (Å²) >= 11 is 6.07. The molecule has 0 N–H and O–H groups in total. The number of hydrogen-bond donors (Lipinski definition) is 0. The minimum absolute atomic E-state index is 0.0207. The lowest BCUT2D eigenvalue weighted by Crippen LogP contribution is -2.16. The van der Waals surface area contributed by atoms with Crippen molar-refractivity contribution in [3.63, 3.8) is 0 Å². The molecule has 180 valence electrons. The summed E-state index contributed by atoms with van der Waals surface area (Å²) in [5.74, 6) is -2.25. The topological polar surface area (TPSA) is 56.5 Å². The molecule has 0 amide bonds. The molecule has 1 heterocycles. The molecule has 0 aliphatic rings. The molecule has 8 heteroatoms. The third-order valence-corrected chi connectivity index (χ3v) is 5.79. The van der Waals surface area contributed by atoms with E-state index in [1.807, 2.05) is 32.9 Å². The van der Waals surface area contributed by atoms with Crippen LogP contribution < -0.4 is 10.2 Å². The summed E-state index contributed by atoms with van der Waals surface area (Å²) in [6.07, 6.45) is -4.97. The van der Waals surface area contributed by atoms with Gasteiger partial charge in [0.2, 0.25) is 11.2 Å². The summed E-state index contributed by atoms with van der Waals surface area (Å²) in [6, 6.07) is 16.2. The van der Waals surface area contributed by atoms with Crippen molar-refractivity contribution in [3.8, 4) is 16.9 Å². The zero-order valence-electron chi connectivity index (χ0n) is 19.0. The van der Waals surface area contributed by atoms with Crippen LogP contribution in [-0.4, -0.2) is 5.97 Å². The van der Waals surface area contributed by atoms with E-state index < -0.39 is 28.9 Å². The Balaban J connectivity index is 1.75. The Morgan fingerprint density at radius 2 is 1.60 bits per heavy atom. The van der Waals surface area contributed by atoms with Gasteiger partial charge in [-0.15, -0.1) is 0 Å². The van der Waals surface area contributed by atoms with Crippen molar-refractivity contribution in [1.29, 1.82) is 0 Å². The standard InChI is InChI=1S/C27H20ClF3O4/c1-26(2,3)16-10-8-15(9-11-16)25(33)34-17-12-13-19-21(14-17)35-24(27(29,30)31)22(23(19)32)18-6-4-5-7-20(18)28/h4-14H,1-3H3. The summed E-state index contributed by atoms with van der Waals surface area (Å²) in [4.78, 5) is 25.7. The summed E-state index contributed by atoms with van der Waals surface area (Å²) in [6.45, 7) is 6.11. The van der Waals surface area contributed by atoms with Crippen LogP contribution >= 0.6 is 11.6 Å². The van der Waals surface area contributed by atoms with E-state index in [2.05, 4.69) is 0 Å². The highest BCUT2D eigenvalue weighted by molar-refractivity contribution is 6.33. The van der Waals surface area contributed by atoms with E-state index >= 15 is 0 Å². The van der Waals surface area contributed by atoms with Crippen LogP contribution in [0.3, 0.4) is 0 Å². The molecule has 4 rings (SSSR count). The van der Waals surface area contributed by atoms with E-state index in [-0.39, 0.29) is 38.3 Å². The number of rotatable bonds is 3. The van der Waals surface area contributed by atoms with Crippen molar-refractivity contribution in [3.05, 3.63) is 98.9 Å². The second-order valence-electron chi connectivity index (χ2n) is 8.99. The first kappa shape index (κ1) is 24.5. The smallest absolute Gasteiger partial charge is 0.450 e. The minimum atomic E-state index is -4.97. The van der Waals surface area contributed by atoms with Crippen LogP contribution in [0.25, 0.3) is 22.1 Å². The average molecular weight is 501 g/mol. The maximum atomic E-state index is 13.9. The van der Waals surface area contributed by atoms with Crippen molar-refractivity contribution in [1.82, 2.24) is 0 Å². The van der Waals surface area contributed by atoms with Gasteiger partial charge in [-0.3, -0.25) is 4.79 Å². The maximum Gasteiger partial charge on any atom is 0.450 e. The summed E-state index contributed by atoms with van der Waals surface area (Å²) < 4.78 is 52.1. The first-order chi connectivity index (χ1) is 16.4. The molecular weight excluding hydrogens is 481 g/mol. The maximum absolute atomic E-state index is 13.9. The summed E-state index contributed by atoms with van der Waals surface area (Å²) in [7, 11) is 0. The second kappa shape index (κ2) is 8.89. The molecular formula is C27H20ClF3O4. The molecule has 0 aliphatic heterocycles. The van der Waals surface area contributed by atoms with Crippen molar-refractivity contribution >= 4 is 28.5 Å². The van der Waals surface area contributed by atoms with Crippen LogP contribution in [0.4, 0.5) is 13.2 Å². The third kappa shape index (κ3) is 4.95. The molecule has 0 saturated heterocycles. The fraction of sp³-hybridized carbons (Fsp3) is 0.185. The normalized spacial score (nSPS) is 12.1.